The first kappa shape index (κ1) is 18.0. The highest BCUT2D eigenvalue weighted by Crippen LogP contribution is 2.26. The molecule has 1 aliphatic rings. The molecule has 1 heterocycles. The van der Waals surface area contributed by atoms with Crippen LogP contribution in [-0.2, 0) is 0 Å². The van der Waals surface area contributed by atoms with Gasteiger partial charge in [-0.1, -0.05) is 6.92 Å². The molecule has 1 saturated heterocycles. The Kier molecular flexibility index (Phi) is 7.15. The number of methoxy groups -OCH3 is 2. The summed E-state index contributed by atoms with van der Waals surface area (Å²) < 4.78 is 10.5. The van der Waals surface area contributed by atoms with Crippen molar-refractivity contribution in [3.8, 4) is 11.5 Å². The molecule has 0 saturated carbocycles. The topological polar surface area (TPSA) is 54.0 Å². The standard InChI is InChI=1S/C18H30N2O3/c1-4-7-20-8-5-15(6-9-20)19-13-18(21)14-10-16(22-2)12-17(11-14)23-3/h10-12,15,18-19,21H,4-9,13H2,1-3H3. The van der Waals surface area contributed by atoms with E-state index in [1.54, 1.807) is 14.2 Å². The molecule has 0 radical (unpaired) electrons. The van der Waals surface area contributed by atoms with E-state index in [-0.39, 0.29) is 0 Å². The van der Waals surface area contributed by atoms with Crippen LogP contribution < -0.4 is 14.8 Å². The Balaban J connectivity index is 1.84. The fourth-order valence-corrected chi connectivity index (χ4v) is 3.09. The van der Waals surface area contributed by atoms with Gasteiger partial charge in [0, 0.05) is 18.7 Å². The first-order valence-corrected chi connectivity index (χ1v) is 8.53. The third-order valence-corrected chi connectivity index (χ3v) is 4.49. The largest absolute Gasteiger partial charge is 0.497 e. The molecule has 1 aliphatic heterocycles. The Bertz CT molecular complexity index is 451. The molecule has 0 aliphatic carbocycles. The van der Waals surface area contributed by atoms with Crippen LogP contribution in [-0.4, -0.2) is 56.4 Å². The minimum atomic E-state index is -0.562. The highest BCUT2D eigenvalue weighted by molar-refractivity contribution is 5.39. The van der Waals surface area contributed by atoms with E-state index in [1.165, 1.54) is 13.0 Å². The van der Waals surface area contributed by atoms with E-state index in [4.69, 9.17) is 9.47 Å². The maximum atomic E-state index is 10.4. The molecule has 130 valence electrons. The average molecular weight is 322 g/mol. The second kappa shape index (κ2) is 9.11. The highest BCUT2D eigenvalue weighted by Gasteiger charge is 2.19. The zero-order valence-electron chi connectivity index (χ0n) is 14.5. The van der Waals surface area contributed by atoms with Crippen molar-refractivity contribution >= 4 is 0 Å². The van der Waals surface area contributed by atoms with E-state index in [9.17, 15) is 5.11 Å². The summed E-state index contributed by atoms with van der Waals surface area (Å²) in [5.74, 6) is 1.40. The number of aliphatic hydroxyl groups excluding tert-OH is 1. The molecule has 0 spiro atoms. The Labute approximate surface area is 139 Å². The molecule has 2 N–H and O–H groups in total. The van der Waals surface area contributed by atoms with Crippen molar-refractivity contribution in [2.45, 2.75) is 38.3 Å². The first-order chi connectivity index (χ1) is 11.2. The summed E-state index contributed by atoms with van der Waals surface area (Å²) in [5.41, 5.74) is 0.817. The second-order valence-electron chi connectivity index (χ2n) is 6.19. The Hall–Kier alpha value is -1.30. The van der Waals surface area contributed by atoms with Gasteiger partial charge in [0.1, 0.15) is 11.5 Å². The fourth-order valence-electron chi connectivity index (χ4n) is 3.09. The summed E-state index contributed by atoms with van der Waals surface area (Å²) in [7, 11) is 3.24. The predicted octanol–water partition coefficient (Wildman–Crippen LogP) is 2.20. The van der Waals surface area contributed by atoms with Crippen molar-refractivity contribution in [1.29, 1.82) is 0 Å². The Morgan fingerprint density at radius 3 is 2.30 bits per heavy atom. The molecule has 0 aromatic heterocycles. The second-order valence-corrected chi connectivity index (χ2v) is 6.19. The highest BCUT2D eigenvalue weighted by atomic mass is 16.5. The number of piperidine rings is 1. The van der Waals surface area contributed by atoms with Gasteiger partial charge >= 0.3 is 0 Å². The number of nitrogens with one attached hydrogen (secondary N) is 1. The van der Waals surface area contributed by atoms with Crippen LogP contribution in [0.2, 0.25) is 0 Å². The molecular weight excluding hydrogens is 292 g/mol. The molecule has 1 unspecified atom stereocenters. The van der Waals surface area contributed by atoms with Crippen LogP contribution in [0.1, 0.15) is 37.9 Å². The third-order valence-electron chi connectivity index (χ3n) is 4.49. The third kappa shape index (κ3) is 5.37. The van der Waals surface area contributed by atoms with E-state index < -0.39 is 6.10 Å². The van der Waals surface area contributed by atoms with Crippen LogP contribution in [0.15, 0.2) is 18.2 Å². The molecule has 5 heteroatoms. The van der Waals surface area contributed by atoms with Crippen molar-refractivity contribution in [3.05, 3.63) is 23.8 Å². The lowest BCUT2D eigenvalue weighted by Crippen LogP contribution is -2.43. The van der Waals surface area contributed by atoms with Crippen molar-refractivity contribution in [1.82, 2.24) is 10.2 Å². The predicted molar refractivity (Wildman–Crippen MR) is 92.3 cm³/mol. The number of rotatable bonds is 8. The summed E-state index contributed by atoms with van der Waals surface area (Å²) in [4.78, 5) is 2.52. The van der Waals surface area contributed by atoms with Gasteiger partial charge in [-0.3, -0.25) is 0 Å². The summed E-state index contributed by atoms with van der Waals surface area (Å²) in [5, 5.41) is 13.9. The zero-order chi connectivity index (χ0) is 16.7. The molecule has 1 aromatic rings. The number of likely N-dealkylation sites (tertiary alicyclic amines) is 1. The van der Waals surface area contributed by atoms with Crippen LogP contribution in [0.5, 0.6) is 11.5 Å². The minimum Gasteiger partial charge on any atom is -0.497 e. The number of benzene rings is 1. The SMILES string of the molecule is CCCN1CCC(NCC(O)c2cc(OC)cc(OC)c2)CC1. The maximum Gasteiger partial charge on any atom is 0.122 e. The summed E-state index contributed by atoms with van der Waals surface area (Å²) >= 11 is 0. The zero-order valence-corrected chi connectivity index (χ0v) is 14.5. The number of nitrogens with zero attached hydrogens (tertiary/aromatic N) is 1. The van der Waals surface area contributed by atoms with Gasteiger partial charge in [0.05, 0.1) is 20.3 Å². The lowest BCUT2D eigenvalue weighted by molar-refractivity contribution is 0.151. The van der Waals surface area contributed by atoms with Crippen LogP contribution in [0.25, 0.3) is 0 Å². The van der Waals surface area contributed by atoms with Gasteiger partial charge in [-0.05, 0) is 56.6 Å². The molecule has 1 atom stereocenters. The van der Waals surface area contributed by atoms with Gasteiger partial charge in [0.2, 0.25) is 0 Å². The minimum absolute atomic E-state index is 0.491. The monoisotopic (exact) mass is 322 g/mol. The lowest BCUT2D eigenvalue weighted by atomic mass is 10.0. The van der Waals surface area contributed by atoms with Crippen LogP contribution in [0, 0.1) is 0 Å². The van der Waals surface area contributed by atoms with Gasteiger partial charge in [-0.25, -0.2) is 0 Å². The summed E-state index contributed by atoms with van der Waals surface area (Å²) in [6.07, 6.45) is 2.95. The van der Waals surface area contributed by atoms with E-state index in [0.29, 0.717) is 24.1 Å². The fraction of sp³-hybridized carbons (Fsp3) is 0.667. The smallest absolute Gasteiger partial charge is 0.122 e. The van der Waals surface area contributed by atoms with Gasteiger partial charge in [0.25, 0.3) is 0 Å². The van der Waals surface area contributed by atoms with E-state index >= 15 is 0 Å². The van der Waals surface area contributed by atoms with Gasteiger partial charge in [-0.2, -0.15) is 0 Å². The molecule has 0 bridgehead atoms. The molecule has 23 heavy (non-hydrogen) atoms. The maximum absolute atomic E-state index is 10.4. The normalized spacial score (nSPS) is 17.9. The average Bonchev–Trinajstić information content (AvgIpc) is 2.60. The van der Waals surface area contributed by atoms with Crippen LogP contribution >= 0.6 is 0 Å². The number of hydrogen-bond donors (Lipinski definition) is 2. The number of aliphatic hydroxyl groups is 1. The Morgan fingerprint density at radius 2 is 1.78 bits per heavy atom. The Morgan fingerprint density at radius 1 is 1.17 bits per heavy atom. The molecule has 0 amide bonds. The molecule has 2 rings (SSSR count). The molecule has 1 fully saturated rings. The first-order valence-electron chi connectivity index (χ1n) is 8.53. The summed E-state index contributed by atoms with van der Waals surface area (Å²) in [6.45, 7) is 6.26. The number of ether oxygens (including phenoxy) is 2. The molecule has 1 aromatic carbocycles. The van der Waals surface area contributed by atoms with Crippen LogP contribution in [0.3, 0.4) is 0 Å². The van der Waals surface area contributed by atoms with Crippen molar-refractivity contribution in [2.24, 2.45) is 0 Å². The van der Waals surface area contributed by atoms with Gasteiger partial charge < -0.3 is 24.8 Å². The summed E-state index contributed by atoms with van der Waals surface area (Å²) in [6, 6.07) is 6.02. The van der Waals surface area contributed by atoms with Crippen LogP contribution in [0.4, 0.5) is 0 Å². The van der Waals surface area contributed by atoms with E-state index in [0.717, 1.165) is 31.5 Å². The van der Waals surface area contributed by atoms with Crippen molar-refractivity contribution in [2.75, 3.05) is 40.4 Å². The van der Waals surface area contributed by atoms with Gasteiger partial charge in [0.15, 0.2) is 0 Å². The molecule has 5 nitrogen and oxygen atoms in total. The van der Waals surface area contributed by atoms with E-state index in [2.05, 4.69) is 17.1 Å². The molecular formula is C18H30N2O3. The van der Waals surface area contributed by atoms with Gasteiger partial charge in [-0.15, -0.1) is 0 Å². The lowest BCUT2D eigenvalue weighted by Gasteiger charge is -2.32. The van der Waals surface area contributed by atoms with E-state index in [1.807, 2.05) is 18.2 Å². The quantitative estimate of drug-likeness (QED) is 0.768. The van der Waals surface area contributed by atoms with Crippen molar-refractivity contribution in [3.63, 3.8) is 0 Å². The number of hydrogen-bond acceptors (Lipinski definition) is 5. The van der Waals surface area contributed by atoms with Crippen molar-refractivity contribution < 1.29 is 14.6 Å².